The smallest absolute Gasteiger partial charge is 0.319 e. The van der Waals surface area contributed by atoms with Crippen molar-refractivity contribution in [3.63, 3.8) is 0 Å². The van der Waals surface area contributed by atoms with Gasteiger partial charge < -0.3 is 29.7 Å². The summed E-state index contributed by atoms with van der Waals surface area (Å²) in [7, 11) is 6.83. The lowest BCUT2D eigenvalue weighted by molar-refractivity contribution is -0.384. The first-order chi connectivity index (χ1) is 16.8. The van der Waals surface area contributed by atoms with Gasteiger partial charge in [-0.05, 0) is 69.1 Å². The first-order valence-electron chi connectivity index (χ1n) is 11.6. The molecular weight excluding hydrogens is 452 g/mol. The highest BCUT2D eigenvalue weighted by atomic mass is 16.6. The van der Waals surface area contributed by atoms with Crippen molar-refractivity contribution < 1.29 is 23.9 Å². The van der Waals surface area contributed by atoms with Gasteiger partial charge in [0.25, 0.3) is 5.69 Å². The Hall–Kier alpha value is -3.53. The zero-order valence-electron chi connectivity index (χ0n) is 20.5. The normalized spacial score (nSPS) is 23.8. The van der Waals surface area contributed by atoms with Gasteiger partial charge in [0.15, 0.2) is 11.5 Å². The summed E-state index contributed by atoms with van der Waals surface area (Å²) in [5, 5.41) is 17.1. The lowest BCUT2D eigenvalue weighted by Gasteiger charge is -2.45. The highest BCUT2D eigenvalue weighted by Crippen LogP contribution is 2.49. The number of nitro groups is 1. The fourth-order valence-electron chi connectivity index (χ4n) is 5.63. The van der Waals surface area contributed by atoms with Crippen LogP contribution in [0.2, 0.25) is 0 Å². The number of amides is 2. The molecule has 2 N–H and O–H groups in total. The van der Waals surface area contributed by atoms with Crippen molar-refractivity contribution in [2.24, 2.45) is 0 Å². The summed E-state index contributed by atoms with van der Waals surface area (Å²) < 4.78 is 16.0. The van der Waals surface area contributed by atoms with Crippen molar-refractivity contribution >= 4 is 17.4 Å². The molecule has 2 amide bonds. The van der Waals surface area contributed by atoms with E-state index in [0.29, 0.717) is 17.2 Å². The summed E-state index contributed by atoms with van der Waals surface area (Å²) >= 11 is 0. The van der Waals surface area contributed by atoms with Gasteiger partial charge in [-0.2, -0.15) is 0 Å². The van der Waals surface area contributed by atoms with E-state index in [9.17, 15) is 14.9 Å². The summed E-state index contributed by atoms with van der Waals surface area (Å²) in [6, 6.07) is 10.2. The van der Waals surface area contributed by atoms with E-state index >= 15 is 0 Å². The van der Waals surface area contributed by atoms with E-state index in [0.717, 1.165) is 32.2 Å². The van der Waals surface area contributed by atoms with Crippen LogP contribution >= 0.6 is 0 Å². The van der Waals surface area contributed by atoms with E-state index in [1.165, 1.54) is 24.8 Å². The van der Waals surface area contributed by atoms with Gasteiger partial charge in [0.1, 0.15) is 11.4 Å². The van der Waals surface area contributed by atoms with Crippen LogP contribution in [0.4, 0.5) is 16.2 Å². The third kappa shape index (κ3) is 4.70. The average molecular weight is 485 g/mol. The number of ether oxygens (including phenoxy) is 3. The molecule has 1 aliphatic carbocycles. The Morgan fingerprint density at radius 2 is 1.86 bits per heavy atom. The van der Waals surface area contributed by atoms with Crippen molar-refractivity contribution in [3.05, 3.63) is 52.1 Å². The Morgan fingerprint density at radius 3 is 2.54 bits per heavy atom. The topological polar surface area (TPSA) is 115 Å². The van der Waals surface area contributed by atoms with Crippen molar-refractivity contribution in [2.45, 2.75) is 43.2 Å². The monoisotopic (exact) mass is 484 g/mol. The van der Waals surface area contributed by atoms with E-state index in [2.05, 4.69) is 34.7 Å². The van der Waals surface area contributed by atoms with Crippen LogP contribution in [-0.2, 0) is 5.41 Å². The van der Waals surface area contributed by atoms with Crippen LogP contribution < -0.4 is 24.8 Å². The molecule has 2 aromatic rings. The fraction of sp³-hybridized carbons (Fsp3) is 0.480. The zero-order valence-corrected chi connectivity index (χ0v) is 20.5. The number of nitro benzene ring substituents is 1. The predicted octanol–water partition coefficient (Wildman–Crippen LogP) is 3.94. The van der Waals surface area contributed by atoms with Gasteiger partial charge >= 0.3 is 6.03 Å². The van der Waals surface area contributed by atoms with E-state index in [1.54, 1.807) is 20.3 Å². The molecule has 1 saturated carbocycles. The molecule has 2 aromatic carbocycles. The average Bonchev–Trinajstić information content (AvgIpc) is 3.20. The molecule has 10 heteroatoms. The van der Waals surface area contributed by atoms with Crippen molar-refractivity contribution in [2.75, 3.05) is 40.2 Å². The molecule has 188 valence electrons. The Bertz CT molecular complexity index is 1110. The van der Waals surface area contributed by atoms with E-state index in [4.69, 9.17) is 14.2 Å². The molecule has 0 radical (unpaired) electrons. The lowest BCUT2D eigenvalue weighted by atomic mass is 9.65. The second-order valence-electron chi connectivity index (χ2n) is 9.18. The number of fused-ring (bicyclic) bond motifs is 1. The molecule has 10 nitrogen and oxygen atoms in total. The van der Waals surface area contributed by atoms with Gasteiger partial charge in [-0.15, -0.1) is 0 Å². The molecule has 35 heavy (non-hydrogen) atoms. The number of urea groups is 1. The van der Waals surface area contributed by atoms with Gasteiger partial charge in [-0.3, -0.25) is 10.1 Å². The lowest BCUT2D eigenvalue weighted by Crippen LogP contribution is -2.52. The van der Waals surface area contributed by atoms with Gasteiger partial charge in [-0.1, -0.05) is 6.07 Å². The van der Waals surface area contributed by atoms with Gasteiger partial charge in [-0.25, -0.2) is 4.79 Å². The van der Waals surface area contributed by atoms with E-state index < -0.39 is 11.0 Å². The molecule has 0 unspecified atom stereocenters. The zero-order chi connectivity index (χ0) is 25.2. The third-order valence-electron chi connectivity index (χ3n) is 7.47. The minimum Gasteiger partial charge on any atom is -0.496 e. The number of rotatable bonds is 7. The van der Waals surface area contributed by atoms with Crippen LogP contribution in [0.3, 0.4) is 0 Å². The SMILES string of the molecule is COc1ccc(NC(=O)N[C@@H]2CC[C@@]3(c4ccc(OC)c(OC)c4)CCN(C)[C@H]3C2)c([N+](=O)[O-])c1. The minimum absolute atomic E-state index is 0.0300. The first kappa shape index (κ1) is 24.6. The maximum Gasteiger partial charge on any atom is 0.319 e. The number of hydrogen-bond acceptors (Lipinski definition) is 7. The Morgan fingerprint density at radius 1 is 1.09 bits per heavy atom. The molecule has 2 aliphatic rings. The predicted molar refractivity (Wildman–Crippen MR) is 132 cm³/mol. The Balaban J connectivity index is 1.48. The molecule has 0 spiro atoms. The number of carbonyl (C=O) groups excluding carboxylic acids is 1. The standard InChI is InChI=1S/C25H32N4O6/c1-28-12-11-25(16-5-8-21(34-3)22(13-16)35-4)10-9-17(14-23(25)28)26-24(30)27-19-7-6-18(33-2)15-20(19)29(31)32/h5-8,13,15,17,23H,9-12,14H2,1-4H3,(H2,26,27,30)/t17-,23+,25+/m1/s1. The van der Waals surface area contributed by atoms with Crippen molar-refractivity contribution in [3.8, 4) is 17.2 Å². The molecular formula is C25H32N4O6. The number of hydrogen-bond donors (Lipinski definition) is 2. The molecule has 1 saturated heterocycles. The third-order valence-corrected chi connectivity index (χ3v) is 7.47. The largest absolute Gasteiger partial charge is 0.496 e. The maximum absolute atomic E-state index is 12.8. The highest BCUT2D eigenvalue weighted by Gasteiger charge is 2.50. The molecule has 1 aliphatic heterocycles. The van der Waals surface area contributed by atoms with Crippen LogP contribution in [0, 0.1) is 10.1 Å². The Labute approximate surface area is 204 Å². The number of benzene rings is 2. The number of methoxy groups -OCH3 is 3. The number of likely N-dealkylation sites (N-methyl/N-ethyl adjacent to an activating group) is 1. The first-order valence-corrected chi connectivity index (χ1v) is 11.6. The van der Waals surface area contributed by atoms with Crippen molar-refractivity contribution in [1.82, 2.24) is 10.2 Å². The highest BCUT2D eigenvalue weighted by molar-refractivity contribution is 5.92. The Kier molecular flexibility index (Phi) is 7.02. The quantitative estimate of drug-likeness (QED) is 0.452. The number of nitrogens with one attached hydrogen (secondary N) is 2. The molecule has 2 fully saturated rings. The second-order valence-corrected chi connectivity index (χ2v) is 9.18. The fourth-order valence-corrected chi connectivity index (χ4v) is 5.63. The second kappa shape index (κ2) is 9.99. The summed E-state index contributed by atoms with van der Waals surface area (Å²) in [6.07, 6.45) is 3.52. The number of carbonyl (C=O) groups is 1. The molecule has 0 aromatic heterocycles. The molecule has 0 bridgehead atoms. The van der Waals surface area contributed by atoms with Crippen LogP contribution in [0.1, 0.15) is 31.2 Å². The van der Waals surface area contributed by atoms with Crippen LogP contribution in [0.25, 0.3) is 0 Å². The van der Waals surface area contributed by atoms with Crippen LogP contribution in [-0.4, -0.2) is 62.9 Å². The van der Waals surface area contributed by atoms with Crippen molar-refractivity contribution in [1.29, 1.82) is 0 Å². The number of nitrogens with zero attached hydrogens (tertiary/aromatic N) is 2. The maximum atomic E-state index is 12.8. The van der Waals surface area contributed by atoms with Crippen LogP contribution in [0.5, 0.6) is 17.2 Å². The van der Waals surface area contributed by atoms with Crippen LogP contribution in [0.15, 0.2) is 36.4 Å². The molecule has 4 rings (SSSR count). The summed E-state index contributed by atoms with van der Waals surface area (Å²) in [6.45, 7) is 0.968. The van der Waals surface area contributed by atoms with E-state index in [-0.39, 0.29) is 28.9 Å². The number of anilines is 1. The van der Waals surface area contributed by atoms with E-state index in [1.807, 2.05) is 6.07 Å². The van der Waals surface area contributed by atoms with Gasteiger partial charge in [0, 0.05) is 17.5 Å². The summed E-state index contributed by atoms with van der Waals surface area (Å²) in [5.74, 6) is 1.77. The summed E-state index contributed by atoms with van der Waals surface area (Å²) in [5.41, 5.74) is 1.10. The van der Waals surface area contributed by atoms with Gasteiger partial charge in [0.2, 0.25) is 0 Å². The van der Waals surface area contributed by atoms with Gasteiger partial charge in [0.05, 0.1) is 32.3 Å². The minimum atomic E-state index is -0.538. The molecule has 1 heterocycles. The number of likely N-dealkylation sites (tertiary alicyclic amines) is 1. The summed E-state index contributed by atoms with van der Waals surface area (Å²) in [4.78, 5) is 26.0. The molecule has 3 atom stereocenters.